The summed E-state index contributed by atoms with van der Waals surface area (Å²) >= 11 is 11.7. The van der Waals surface area contributed by atoms with Crippen molar-refractivity contribution in [3.05, 3.63) is 76.3 Å². The van der Waals surface area contributed by atoms with E-state index in [4.69, 9.17) is 23.2 Å². The third-order valence-corrected chi connectivity index (χ3v) is 5.63. The van der Waals surface area contributed by atoms with Crippen LogP contribution >= 0.6 is 23.2 Å². The number of halogens is 2. The lowest BCUT2D eigenvalue weighted by Gasteiger charge is -2.15. The average molecular weight is 396 g/mol. The van der Waals surface area contributed by atoms with Gasteiger partial charge in [-0.25, -0.2) is 13.1 Å². The van der Waals surface area contributed by atoms with Gasteiger partial charge in [-0.3, -0.25) is 0 Å². The summed E-state index contributed by atoms with van der Waals surface area (Å²) in [5.74, 6) is 0. The van der Waals surface area contributed by atoms with Crippen molar-refractivity contribution in [2.75, 3.05) is 6.54 Å². The van der Waals surface area contributed by atoms with E-state index in [1.54, 1.807) is 6.07 Å². The van der Waals surface area contributed by atoms with Crippen LogP contribution in [0.4, 0.5) is 0 Å². The predicted molar refractivity (Wildman–Crippen MR) is 101 cm³/mol. The van der Waals surface area contributed by atoms with Crippen LogP contribution in [0.2, 0.25) is 10.0 Å². The van der Waals surface area contributed by atoms with Crippen LogP contribution in [0.5, 0.6) is 0 Å². The van der Waals surface area contributed by atoms with E-state index in [-0.39, 0.29) is 21.5 Å². The molecule has 2 N–H and O–H groups in total. The molecule has 0 amide bonds. The fourth-order valence-corrected chi connectivity index (χ4v) is 4.37. The van der Waals surface area contributed by atoms with E-state index in [9.17, 15) is 13.5 Å². The molecule has 3 rings (SSSR count). The summed E-state index contributed by atoms with van der Waals surface area (Å²) < 4.78 is 27.2. The molecule has 0 heterocycles. The first kappa shape index (κ1) is 18.2. The molecule has 0 aliphatic rings. The summed E-state index contributed by atoms with van der Waals surface area (Å²) in [5.41, 5.74) is 0.657. The van der Waals surface area contributed by atoms with Gasteiger partial charge in [0, 0.05) is 16.6 Å². The highest BCUT2D eigenvalue weighted by molar-refractivity contribution is 7.89. The Hall–Kier alpha value is -1.63. The number of nitrogens with one attached hydrogen (secondary N) is 1. The van der Waals surface area contributed by atoms with E-state index in [1.165, 1.54) is 18.2 Å². The van der Waals surface area contributed by atoms with E-state index in [2.05, 4.69) is 4.72 Å². The standard InChI is InChI=1S/C18H15Cl2NO3S/c19-13-8-14(20)10-15(9-13)25(23,24)21-11-18(22)17-7-3-5-12-4-1-2-6-16(12)17/h1-10,18,21-22H,11H2. The van der Waals surface area contributed by atoms with Crippen molar-refractivity contribution < 1.29 is 13.5 Å². The van der Waals surface area contributed by atoms with Crippen molar-refractivity contribution in [2.24, 2.45) is 0 Å². The van der Waals surface area contributed by atoms with Crippen molar-refractivity contribution in [3.63, 3.8) is 0 Å². The van der Waals surface area contributed by atoms with Gasteiger partial charge >= 0.3 is 0 Å². The fraction of sp³-hybridized carbons (Fsp3) is 0.111. The van der Waals surface area contributed by atoms with Gasteiger partial charge in [-0.2, -0.15) is 0 Å². The van der Waals surface area contributed by atoms with Crippen molar-refractivity contribution in [1.29, 1.82) is 0 Å². The zero-order chi connectivity index (χ0) is 18.0. The molecule has 0 radical (unpaired) electrons. The molecular weight excluding hydrogens is 381 g/mol. The third kappa shape index (κ3) is 4.14. The molecule has 3 aromatic rings. The summed E-state index contributed by atoms with van der Waals surface area (Å²) in [7, 11) is -3.84. The number of hydrogen-bond donors (Lipinski definition) is 2. The molecule has 0 aliphatic carbocycles. The summed E-state index contributed by atoms with van der Waals surface area (Å²) in [5, 5.41) is 12.8. The first-order valence-corrected chi connectivity index (χ1v) is 9.72. The van der Waals surface area contributed by atoms with Crippen LogP contribution < -0.4 is 4.72 Å². The van der Waals surface area contributed by atoms with Crippen molar-refractivity contribution >= 4 is 44.0 Å². The van der Waals surface area contributed by atoms with Crippen LogP contribution in [0.3, 0.4) is 0 Å². The first-order valence-electron chi connectivity index (χ1n) is 7.48. The Balaban J connectivity index is 1.82. The molecule has 4 nitrogen and oxygen atoms in total. The number of benzene rings is 3. The minimum absolute atomic E-state index is 0.0462. The molecule has 0 spiro atoms. The minimum Gasteiger partial charge on any atom is -0.387 e. The van der Waals surface area contributed by atoms with Gasteiger partial charge in [-0.05, 0) is 34.5 Å². The van der Waals surface area contributed by atoms with Gasteiger partial charge in [0.25, 0.3) is 0 Å². The number of hydrogen-bond acceptors (Lipinski definition) is 3. The molecule has 130 valence electrons. The molecule has 7 heteroatoms. The Morgan fingerprint density at radius 2 is 1.60 bits per heavy atom. The van der Waals surface area contributed by atoms with E-state index in [0.717, 1.165) is 10.8 Å². The second-order valence-electron chi connectivity index (χ2n) is 5.54. The lowest BCUT2D eigenvalue weighted by Crippen LogP contribution is -2.28. The van der Waals surface area contributed by atoms with Crippen molar-refractivity contribution in [2.45, 2.75) is 11.0 Å². The highest BCUT2D eigenvalue weighted by Gasteiger charge is 2.19. The molecule has 25 heavy (non-hydrogen) atoms. The highest BCUT2D eigenvalue weighted by atomic mass is 35.5. The zero-order valence-electron chi connectivity index (χ0n) is 13.0. The lowest BCUT2D eigenvalue weighted by atomic mass is 10.0. The van der Waals surface area contributed by atoms with Crippen LogP contribution in [-0.2, 0) is 10.0 Å². The minimum atomic E-state index is -3.84. The molecule has 0 aromatic heterocycles. The van der Waals surface area contributed by atoms with Gasteiger partial charge in [0.1, 0.15) is 0 Å². The molecule has 0 bridgehead atoms. The van der Waals surface area contributed by atoms with Gasteiger partial charge in [0.15, 0.2) is 0 Å². The summed E-state index contributed by atoms with van der Waals surface area (Å²) in [6, 6.07) is 17.2. The molecule has 1 atom stereocenters. The fourth-order valence-electron chi connectivity index (χ4n) is 2.61. The third-order valence-electron chi connectivity index (χ3n) is 3.80. The number of aliphatic hydroxyl groups excluding tert-OH is 1. The monoisotopic (exact) mass is 395 g/mol. The first-order chi connectivity index (χ1) is 11.9. The van der Waals surface area contributed by atoms with Crippen LogP contribution in [0, 0.1) is 0 Å². The van der Waals surface area contributed by atoms with E-state index in [0.29, 0.717) is 5.56 Å². The predicted octanol–water partition coefficient (Wildman–Crippen LogP) is 4.16. The highest BCUT2D eigenvalue weighted by Crippen LogP contribution is 2.25. The Morgan fingerprint density at radius 3 is 2.32 bits per heavy atom. The maximum absolute atomic E-state index is 12.4. The quantitative estimate of drug-likeness (QED) is 0.681. The van der Waals surface area contributed by atoms with Gasteiger partial charge in [-0.15, -0.1) is 0 Å². The number of aliphatic hydroxyl groups is 1. The average Bonchev–Trinajstić information content (AvgIpc) is 2.58. The maximum atomic E-state index is 12.4. The van der Waals surface area contributed by atoms with E-state index >= 15 is 0 Å². The van der Waals surface area contributed by atoms with E-state index in [1.807, 2.05) is 36.4 Å². The molecule has 0 saturated carbocycles. The summed E-state index contributed by atoms with van der Waals surface area (Å²) in [6.45, 7) is -0.166. The Kier molecular flexibility index (Phi) is 5.32. The molecule has 0 aliphatic heterocycles. The molecule has 0 saturated heterocycles. The van der Waals surface area contributed by atoms with Crippen LogP contribution in [0.15, 0.2) is 65.6 Å². The SMILES string of the molecule is O=S(=O)(NCC(O)c1cccc2ccccc12)c1cc(Cl)cc(Cl)c1. The number of fused-ring (bicyclic) bond motifs is 1. The van der Waals surface area contributed by atoms with Crippen molar-refractivity contribution in [1.82, 2.24) is 4.72 Å². The summed E-state index contributed by atoms with van der Waals surface area (Å²) in [6.07, 6.45) is -0.990. The second-order valence-corrected chi connectivity index (χ2v) is 8.18. The van der Waals surface area contributed by atoms with E-state index < -0.39 is 16.1 Å². The zero-order valence-corrected chi connectivity index (χ0v) is 15.3. The Bertz CT molecular complexity index is 996. The second kappa shape index (κ2) is 7.32. The lowest BCUT2D eigenvalue weighted by molar-refractivity contribution is 0.183. The smallest absolute Gasteiger partial charge is 0.240 e. The van der Waals surface area contributed by atoms with Gasteiger partial charge < -0.3 is 5.11 Å². The largest absolute Gasteiger partial charge is 0.387 e. The Morgan fingerprint density at radius 1 is 0.960 bits per heavy atom. The number of sulfonamides is 1. The molecule has 0 fully saturated rings. The van der Waals surface area contributed by atoms with Crippen LogP contribution in [-0.4, -0.2) is 20.1 Å². The van der Waals surface area contributed by atoms with Crippen LogP contribution in [0.25, 0.3) is 10.8 Å². The van der Waals surface area contributed by atoms with Gasteiger partial charge in [-0.1, -0.05) is 65.7 Å². The normalized spacial score (nSPS) is 13.1. The van der Waals surface area contributed by atoms with Crippen LogP contribution in [0.1, 0.15) is 11.7 Å². The Labute approximate surface area is 156 Å². The molecule has 1 unspecified atom stereocenters. The topological polar surface area (TPSA) is 66.4 Å². The van der Waals surface area contributed by atoms with Gasteiger partial charge in [0.2, 0.25) is 10.0 Å². The van der Waals surface area contributed by atoms with Crippen molar-refractivity contribution in [3.8, 4) is 0 Å². The molecular formula is C18H15Cl2NO3S. The maximum Gasteiger partial charge on any atom is 0.240 e. The number of rotatable bonds is 5. The molecule has 3 aromatic carbocycles. The van der Waals surface area contributed by atoms with Gasteiger partial charge in [0.05, 0.1) is 11.0 Å². The summed E-state index contributed by atoms with van der Waals surface area (Å²) in [4.78, 5) is -0.0462.